The van der Waals surface area contributed by atoms with Gasteiger partial charge in [-0.15, -0.1) is 11.3 Å². The molecule has 6 nitrogen and oxygen atoms in total. The maximum atomic E-state index is 12.8. The molecule has 0 saturated carbocycles. The van der Waals surface area contributed by atoms with Crippen LogP contribution in [0.5, 0.6) is 0 Å². The van der Waals surface area contributed by atoms with Crippen LogP contribution in [-0.2, 0) is 10.2 Å². The molecule has 122 valence electrons. The number of carbonyl (C=O) groups excluding carboxylic acids is 1. The average Bonchev–Trinajstić information content (AvgIpc) is 3.25. The van der Waals surface area contributed by atoms with Crippen LogP contribution in [0, 0.1) is 13.8 Å². The molecule has 4 rings (SSSR count). The van der Waals surface area contributed by atoms with Gasteiger partial charge in [-0.2, -0.15) is 4.98 Å². The third-order valence-electron chi connectivity index (χ3n) is 4.81. The Morgan fingerprint density at radius 1 is 1.43 bits per heavy atom. The Morgan fingerprint density at radius 3 is 3.00 bits per heavy atom. The number of likely N-dealkylation sites (tertiary alicyclic amines) is 1. The van der Waals surface area contributed by atoms with Gasteiger partial charge in [0.25, 0.3) is 5.91 Å². The molecular formula is C16H19N3O3S. The molecular weight excluding hydrogens is 314 g/mol. The summed E-state index contributed by atoms with van der Waals surface area (Å²) in [5, 5.41) is 3.94. The predicted octanol–water partition coefficient (Wildman–Crippen LogP) is 2.32. The molecule has 2 saturated heterocycles. The summed E-state index contributed by atoms with van der Waals surface area (Å²) in [4.78, 5) is 21.1. The third kappa shape index (κ3) is 2.38. The van der Waals surface area contributed by atoms with Gasteiger partial charge in [-0.25, -0.2) is 0 Å². The van der Waals surface area contributed by atoms with Crippen LogP contribution in [-0.4, -0.2) is 46.7 Å². The molecule has 1 amide bonds. The number of hydrogen-bond acceptors (Lipinski definition) is 6. The quantitative estimate of drug-likeness (QED) is 0.844. The van der Waals surface area contributed by atoms with Crippen molar-refractivity contribution in [3.63, 3.8) is 0 Å². The number of thiophene rings is 1. The van der Waals surface area contributed by atoms with Crippen molar-refractivity contribution in [2.45, 2.75) is 38.2 Å². The van der Waals surface area contributed by atoms with Crippen molar-refractivity contribution in [2.24, 2.45) is 0 Å². The largest absolute Gasteiger partial charge is 0.377 e. The summed E-state index contributed by atoms with van der Waals surface area (Å²) < 4.78 is 11.4. The zero-order valence-electron chi connectivity index (χ0n) is 13.2. The first-order valence-electron chi connectivity index (χ1n) is 7.87. The van der Waals surface area contributed by atoms with E-state index in [9.17, 15) is 4.79 Å². The van der Waals surface area contributed by atoms with Gasteiger partial charge in [-0.3, -0.25) is 4.79 Å². The van der Waals surface area contributed by atoms with Crippen molar-refractivity contribution >= 4 is 17.2 Å². The molecule has 2 aliphatic heterocycles. The highest BCUT2D eigenvalue weighted by atomic mass is 32.1. The fourth-order valence-corrected chi connectivity index (χ4v) is 4.46. The van der Waals surface area contributed by atoms with Gasteiger partial charge in [0.15, 0.2) is 5.82 Å². The number of aromatic nitrogens is 2. The highest BCUT2D eigenvalue weighted by Gasteiger charge is 2.53. The van der Waals surface area contributed by atoms with Gasteiger partial charge in [0, 0.05) is 24.6 Å². The molecule has 7 heteroatoms. The molecule has 0 N–H and O–H groups in total. The van der Waals surface area contributed by atoms with E-state index in [4.69, 9.17) is 9.26 Å². The topological polar surface area (TPSA) is 68.5 Å². The van der Waals surface area contributed by atoms with E-state index in [0.717, 1.165) is 22.6 Å². The smallest absolute Gasteiger partial charge is 0.263 e. The van der Waals surface area contributed by atoms with Crippen molar-refractivity contribution in [3.8, 4) is 0 Å². The van der Waals surface area contributed by atoms with Crippen molar-refractivity contribution < 1.29 is 14.1 Å². The van der Waals surface area contributed by atoms with Gasteiger partial charge in [0.05, 0.1) is 16.4 Å². The van der Waals surface area contributed by atoms with E-state index in [1.165, 1.54) is 11.3 Å². The van der Waals surface area contributed by atoms with Gasteiger partial charge >= 0.3 is 0 Å². The van der Waals surface area contributed by atoms with Gasteiger partial charge in [-0.05, 0) is 38.8 Å². The molecule has 2 atom stereocenters. The Labute approximate surface area is 138 Å². The summed E-state index contributed by atoms with van der Waals surface area (Å²) in [6, 6.07) is 3.89. The van der Waals surface area contributed by atoms with Crippen LogP contribution >= 0.6 is 11.3 Å². The van der Waals surface area contributed by atoms with E-state index < -0.39 is 0 Å². The monoisotopic (exact) mass is 333 g/mol. The second-order valence-corrected chi connectivity index (χ2v) is 7.63. The number of fused-ring (bicyclic) bond motifs is 1. The molecule has 0 bridgehead atoms. The number of ether oxygens (including phenoxy) is 1. The van der Waals surface area contributed by atoms with Crippen molar-refractivity contribution in [2.75, 3.05) is 19.7 Å². The first-order valence-corrected chi connectivity index (χ1v) is 8.68. The lowest BCUT2D eigenvalue weighted by Crippen LogP contribution is -2.54. The Bertz CT molecular complexity index is 741. The molecule has 2 aliphatic rings. The molecule has 23 heavy (non-hydrogen) atoms. The minimum atomic E-state index is -0.360. The summed E-state index contributed by atoms with van der Waals surface area (Å²) in [5.41, 5.74) is -0.360. The fraction of sp³-hybridized carbons (Fsp3) is 0.562. The van der Waals surface area contributed by atoms with E-state index >= 15 is 0 Å². The lowest BCUT2D eigenvalue weighted by molar-refractivity contribution is 0.00842. The highest BCUT2D eigenvalue weighted by Crippen LogP contribution is 2.43. The van der Waals surface area contributed by atoms with Gasteiger partial charge < -0.3 is 14.2 Å². The first-order chi connectivity index (χ1) is 11.1. The second kappa shape index (κ2) is 5.42. The van der Waals surface area contributed by atoms with E-state index in [2.05, 4.69) is 10.1 Å². The number of piperidine rings is 1. The van der Waals surface area contributed by atoms with Crippen molar-refractivity contribution in [1.82, 2.24) is 15.0 Å². The van der Waals surface area contributed by atoms with E-state index in [1.54, 1.807) is 0 Å². The Morgan fingerprint density at radius 2 is 2.30 bits per heavy atom. The fourth-order valence-electron chi connectivity index (χ4n) is 3.63. The summed E-state index contributed by atoms with van der Waals surface area (Å²) in [6.07, 6.45) is 1.67. The predicted molar refractivity (Wildman–Crippen MR) is 84.6 cm³/mol. The third-order valence-corrected chi connectivity index (χ3v) is 5.80. The SMILES string of the molecule is Cc1noc([C@@]23CCO[C@@H]2CCN(C(=O)c2ccc(C)s2)C3)n1. The Kier molecular flexibility index (Phi) is 3.50. The summed E-state index contributed by atoms with van der Waals surface area (Å²) >= 11 is 1.54. The number of carbonyl (C=O) groups is 1. The maximum absolute atomic E-state index is 12.8. The van der Waals surface area contributed by atoms with E-state index in [0.29, 0.717) is 31.4 Å². The minimum Gasteiger partial charge on any atom is -0.377 e. The molecule has 0 unspecified atom stereocenters. The standard InChI is InChI=1S/C16H19N3O3S/c1-10-3-4-12(23-10)14(20)19-7-5-13-16(9-19,6-8-21-13)15-17-11(2)18-22-15/h3-4,13H,5-9H2,1-2H3/t13-,16-/m1/s1. The van der Waals surface area contributed by atoms with Crippen molar-refractivity contribution in [1.29, 1.82) is 0 Å². The van der Waals surface area contributed by atoms with Gasteiger partial charge in [-0.1, -0.05) is 5.16 Å². The zero-order chi connectivity index (χ0) is 16.0. The van der Waals surface area contributed by atoms with Crippen LogP contribution in [0.1, 0.15) is 39.1 Å². The van der Waals surface area contributed by atoms with Crippen LogP contribution in [0.25, 0.3) is 0 Å². The molecule has 0 aromatic carbocycles. The number of nitrogens with zero attached hydrogens (tertiary/aromatic N) is 3. The van der Waals surface area contributed by atoms with Gasteiger partial charge in [0.1, 0.15) is 0 Å². The Balaban J connectivity index is 1.64. The molecule has 4 heterocycles. The molecule has 0 radical (unpaired) electrons. The van der Waals surface area contributed by atoms with Crippen LogP contribution in [0.4, 0.5) is 0 Å². The van der Waals surface area contributed by atoms with Crippen LogP contribution < -0.4 is 0 Å². The van der Waals surface area contributed by atoms with Crippen molar-refractivity contribution in [3.05, 3.63) is 33.6 Å². The summed E-state index contributed by atoms with van der Waals surface area (Å²) in [6.45, 7) is 5.78. The summed E-state index contributed by atoms with van der Waals surface area (Å²) in [7, 11) is 0. The van der Waals surface area contributed by atoms with Crippen LogP contribution in [0.15, 0.2) is 16.7 Å². The Hall–Kier alpha value is -1.73. The van der Waals surface area contributed by atoms with E-state index in [1.807, 2.05) is 30.9 Å². The number of aryl methyl sites for hydroxylation is 2. The average molecular weight is 333 g/mol. The van der Waals surface area contributed by atoms with Crippen LogP contribution in [0.2, 0.25) is 0 Å². The molecule has 0 aliphatic carbocycles. The zero-order valence-corrected chi connectivity index (χ0v) is 14.1. The lowest BCUT2D eigenvalue weighted by Gasteiger charge is -2.41. The maximum Gasteiger partial charge on any atom is 0.263 e. The van der Waals surface area contributed by atoms with Crippen LogP contribution in [0.3, 0.4) is 0 Å². The molecule has 2 aromatic heterocycles. The molecule has 2 aromatic rings. The normalized spacial score (nSPS) is 27.2. The number of amides is 1. The lowest BCUT2D eigenvalue weighted by atomic mass is 9.76. The molecule has 0 spiro atoms. The molecule has 2 fully saturated rings. The highest BCUT2D eigenvalue weighted by molar-refractivity contribution is 7.13. The summed E-state index contributed by atoms with van der Waals surface area (Å²) in [5.74, 6) is 1.32. The number of rotatable bonds is 2. The van der Waals surface area contributed by atoms with E-state index in [-0.39, 0.29) is 17.4 Å². The minimum absolute atomic E-state index is 0.0523. The van der Waals surface area contributed by atoms with Gasteiger partial charge in [0.2, 0.25) is 5.89 Å². The number of hydrogen-bond donors (Lipinski definition) is 0. The first kappa shape index (κ1) is 14.8. The second-order valence-electron chi connectivity index (χ2n) is 6.34.